The average molecular weight is 369 g/mol. The molecule has 0 aromatic heterocycles. The van der Waals surface area contributed by atoms with Gasteiger partial charge in [-0.3, -0.25) is 4.79 Å². The summed E-state index contributed by atoms with van der Waals surface area (Å²) in [7, 11) is 1.59. The minimum Gasteiger partial charge on any atom is -0.494 e. The zero-order chi connectivity index (χ0) is 19.6. The van der Waals surface area contributed by atoms with E-state index in [1.807, 2.05) is 63.2 Å². The van der Waals surface area contributed by atoms with Crippen LogP contribution in [0.1, 0.15) is 37.9 Å². The third-order valence-electron chi connectivity index (χ3n) is 3.96. The molecule has 1 atom stereocenters. The Kier molecular flexibility index (Phi) is 7.74. The SMILES string of the molecule is CCOc1ccc(C(C)NC(=O)/C=C/c2ccc(OCC)c(OC)c2)cc1. The van der Waals surface area contributed by atoms with Gasteiger partial charge in [-0.25, -0.2) is 0 Å². The molecule has 5 heteroatoms. The van der Waals surface area contributed by atoms with E-state index < -0.39 is 0 Å². The van der Waals surface area contributed by atoms with Gasteiger partial charge in [0, 0.05) is 6.08 Å². The molecule has 2 aromatic carbocycles. The summed E-state index contributed by atoms with van der Waals surface area (Å²) >= 11 is 0. The Balaban J connectivity index is 1.97. The van der Waals surface area contributed by atoms with Crippen LogP contribution in [0.4, 0.5) is 0 Å². The van der Waals surface area contributed by atoms with Crippen molar-refractivity contribution >= 4 is 12.0 Å². The molecule has 5 nitrogen and oxygen atoms in total. The third kappa shape index (κ3) is 6.06. The number of methoxy groups -OCH3 is 1. The van der Waals surface area contributed by atoms with Crippen LogP contribution in [0.3, 0.4) is 0 Å². The van der Waals surface area contributed by atoms with Crippen molar-refractivity contribution in [3.63, 3.8) is 0 Å². The maximum Gasteiger partial charge on any atom is 0.244 e. The van der Waals surface area contributed by atoms with Crippen molar-refractivity contribution in [2.24, 2.45) is 0 Å². The number of nitrogens with one attached hydrogen (secondary N) is 1. The minimum absolute atomic E-state index is 0.104. The van der Waals surface area contributed by atoms with Gasteiger partial charge < -0.3 is 19.5 Å². The number of benzene rings is 2. The second kappa shape index (κ2) is 10.3. The van der Waals surface area contributed by atoms with Gasteiger partial charge in [-0.2, -0.15) is 0 Å². The topological polar surface area (TPSA) is 56.8 Å². The van der Waals surface area contributed by atoms with Crippen LogP contribution in [0.5, 0.6) is 17.2 Å². The van der Waals surface area contributed by atoms with Crippen LogP contribution in [-0.4, -0.2) is 26.2 Å². The van der Waals surface area contributed by atoms with Crippen LogP contribution in [0.15, 0.2) is 48.5 Å². The number of carbonyl (C=O) groups excluding carboxylic acids is 1. The first-order valence-corrected chi connectivity index (χ1v) is 9.09. The average Bonchev–Trinajstić information content (AvgIpc) is 2.68. The smallest absolute Gasteiger partial charge is 0.244 e. The first kappa shape index (κ1) is 20.4. The summed E-state index contributed by atoms with van der Waals surface area (Å²) in [6.45, 7) is 7.01. The van der Waals surface area contributed by atoms with Gasteiger partial charge in [-0.1, -0.05) is 18.2 Å². The van der Waals surface area contributed by atoms with Crippen molar-refractivity contribution in [2.75, 3.05) is 20.3 Å². The Morgan fingerprint density at radius 3 is 2.37 bits per heavy atom. The molecule has 0 saturated carbocycles. The summed E-state index contributed by atoms with van der Waals surface area (Å²) in [6, 6.07) is 13.2. The van der Waals surface area contributed by atoms with Gasteiger partial charge in [0.15, 0.2) is 11.5 Å². The van der Waals surface area contributed by atoms with Crippen molar-refractivity contribution in [3.05, 3.63) is 59.7 Å². The molecular weight excluding hydrogens is 342 g/mol. The molecule has 1 unspecified atom stereocenters. The summed E-state index contributed by atoms with van der Waals surface area (Å²) < 4.78 is 16.3. The summed E-state index contributed by atoms with van der Waals surface area (Å²) in [5.74, 6) is 1.99. The summed E-state index contributed by atoms with van der Waals surface area (Å²) in [5.41, 5.74) is 1.88. The fraction of sp³-hybridized carbons (Fsp3) is 0.318. The van der Waals surface area contributed by atoms with Crippen molar-refractivity contribution in [1.82, 2.24) is 5.32 Å². The van der Waals surface area contributed by atoms with E-state index in [0.29, 0.717) is 24.7 Å². The molecule has 0 fully saturated rings. The fourth-order valence-electron chi connectivity index (χ4n) is 2.60. The lowest BCUT2D eigenvalue weighted by Crippen LogP contribution is -2.24. The molecule has 0 aliphatic carbocycles. The highest BCUT2D eigenvalue weighted by atomic mass is 16.5. The Morgan fingerprint density at radius 2 is 1.74 bits per heavy atom. The number of amides is 1. The lowest BCUT2D eigenvalue weighted by Gasteiger charge is -2.13. The quantitative estimate of drug-likeness (QED) is 0.666. The van der Waals surface area contributed by atoms with Crippen LogP contribution < -0.4 is 19.5 Å². The molecule has 0 saturated heterocycles. The van der Waals surface area contributed by atoms with Gasteiger partial charge >= 0.3 is 0 Å². The van der Waals surface area contributed by atoms with Crippen LogP contribution in [0.2, 0.25) is 0 Å². The predicted molar refractivity (Wildman–Crippen MR) is 107 cm³/mol. The third-order valence-corrected chi connectivity index (χ3v) is 3.96. The van der Waals surface area contributed by atoms with E-state index >= 15 is 0 Å². The fourth-order valence-corrected chi connectivity index (χ4v) is 2.60. The van der Waals surface area contributed by atoms with E-state index in [-0.39, 0.29) is 11.9 Å². The van der Waals surface area contributed by atoms with Crippen molar-refractivity contribution in [3.8, 4) is 17.2 Å². The number of rotatable bonds is 9. The lowest BCUT2D eigenvalue weighted by molar-refractivity contribution is -0.117. The molecule has 0 heterocycles. The Morgan fingerprint density at radius 1 is 1.04 bits per heavy atom. The zero-order valence-electron chi connectivity index (χ0n) is 16.3. The molecule has 0 spiro atoms. The first-order valence-electron chi connectivity index (χ1n) is 9.09. The van der Waals surface area contributed by atoms with Crippen LogP contribution >= 0.6 is 0 Å². The maximum atomic E-state index is 12.2. The van der Waals surface area contributed by atoms with E-state index in [1.165, 1.54) is 6.08 Å². The van der Waals surface area contributed by atoms with Crippen LogP contribution in [0.25, 0.3) is 6.08 Å². The molecule has 2 aromatic rings. The van der Waals surface area contributed by atoms with E-state index in [9.17, 15) is 4.79 Å². The number of ether oxygens (including phenoxy) is 3. The van der Waals surface area contributed by atoms with Crippen molar-refractivity contribution in [1.29, 1.82) is 0 Å². The summed E-state index contributed by atoms with van der Waals surface area (Å²) in [4.78, 5) is 12.2. The molecule has 0 aliphatic heterocycles. The molecule has 2 rings (SSSR count). The first-order chi connectivity index (χ1) is 13.1. The largest absolute Gasteiger partial charge is 0.494 e. The van der Waals surface area contributed by atoms with E-state index in [2.05, 4.69) is 5.32 Å². The molecule has 1 N–H and O–H groups in total. The maximum absolute atomic E-state index is 12.2. The van der Waals surface area contributed by atoms with Crippen molar-refractivity contribution in [2.45, 2.75) is 26.8 Å². The van der Waals surface area contributed by atoms with Gasteiger partial charge in [0.25, 0.3) is 0 Å². The zero-order valence-corrected chi connectivity index (χ0v) is 16.3. The van der Waals surface area contributed by atoms with E-state index in [0.717, 1.165) is 16.9 Å². The number of hydrogen-bond acceptors (Lipinski definition) is 4. The summed E-state index contributed by atoms with van der Waals surface area (Å²) in [5, 5.41) is 2.96. The number of carbonyl (C=O) groups is 1. The molecular formula is C22H27NO4. The van der Waals surface area contributed by atoms with Crippen LogP contribution in [-0.2, 0) is 4.79 Å². The van der Waals surface area contributed by atoms with Crippen molar-refractivity contribution < 1.29 is 19.0 Å². The molecule has 144 valence electrons. The van der Waals surface area contributed by atoms with Gasteiger partial charge in [0.05, 0.1) is 26.4 Å². The molecule has 0 bridgehead atoms. The monoisotopic (exact) mass is 369 g/mol. The molecule has 1 amide bonds. The Hall–Kier alpha value is -2.95. The highest BCUT2D eigenvalue weighted by Gasteiger charge is 2.08. The lowest BCUT2D eigenvalue weighted by atomic mass is 10.1. The molecule has 0 radical (unpaired) electrons. The van der Waals surface area contributed by atoms with Gasteiger partial charge in [-0.05, 0) is 62.2 Å². The van der Waals surface area contributed by atoms with E-state index in [1.54, 1.807) is 13.2 Å². The van der Waals surface area contributed by atoms with E-state index in [4.69, 9.17) is 14.2 Å². The molecule has 0 aliphatic rings. The Labute approximate surface area is 161 Å². The van der Waals surface area contributed by atoms with Gasteiger partial charge in [0.1, 0.15) is 5.75 Å². The Bertz CT molecular complexity index is 768. The standard InChI is InChI=1S/C22H27NO4/c1-5-26-19-11-9-18(10-12-19)16(3)23-22(24)14-8-17-7-13-20(27-6-2)21(15-17)25-4/h7-16H,5-6H2,1-4H3,(H,23,24)/b14-8+. The number of hydrogen-bond donors (Lipinski definition) is 1. The highest BCUT2D eigenvalue weighted by Crippen LogP contribution is 2.28. The predicted octanol–water partition coefficient (Wildman–Crippen LogP) is 4.38. The minimum atomic E-state index is -0.163. The second-order valence-electron chi connectivity index (χ2n) is 5.91. The molecule has 27 heavy (non-hydrogen) atoms. The van der Waals surface area contributed by atoms with Crippen LogP contribution in [0, 0.1) is 0 Å². The normalized spacial score (nSPS) is 11.9. The highest BCUT2D eigenvalue weighted by molar-refractivity contribution is 5.92. The van der Waals surface area contributed by atoms with Gasteiger partial charge in [0.2, 0.25) is 5.91 Å². The second-order valence-corrected chi connectivity index (χ2v) is 5.91. The van der Waals surface area contributed by atoms with Gasteiger partial charge in [-0.15, -0.1) is 0 Å². The summed E-state index contributed by atoms with van der Waals surface area (Å²) in [6.07, 6.45) is 3.26.